The Morgan fingerprint density at radius 2 is 1.83 bits per heavy atom. The molecule has 0 aromatic heterocycles. The van der Waals surface area contributed by atoms with E-state index in [1.165, 1.54) is 18.4 Å². The van der Waals surface area contributed by atoms with Crippen LogP contribution in [0.25, 0.3) is 0 Å². The first-order valence-electron chi connectivity index (χ1n) is 6.90. The highest BCUT2D eigenvalue weighted by Gasteiger charge is 2.48. The highest BCUT2D eigenvalue weighted by Crippen LogP contribution is 2.42. The maximum atomic E-state index is 5.88. The van der Waals surface area contributed by atoms with Crippen molar-refractivity contribution in [2.45, 2.75) is 49.8 Å². The van der Waals surface area contributed by atoms with Crippen molar-refractivity contribution in [1.29, 1.82) is 0 Å². The Hall–Kier alpha value is -1.35. The lowest BCUT2D eigenvalue weighted by atomic mass is 9.82. The Labute approximate surface area is 107 Å². The molecule has 18 heavy (non-hydrogen) atoms. The average molecular weight is 242 g/mol. The third kappa shape index (κ3) is 1.65. The van der Waals surface area contributed by atoms with Crippen LogP contribution in [0.3, 0.4) is 0 Å². The first-order valence-corrected chi connectivity index (χ1v) is 6.90. The molecule has 0 aliphatic carbocycles. The van der Waals surface area contributed by atoms with Gasteiger partial charge in [0.2, 0.25) is 0 Å². The van der Waals surface area contributed by atoms with Gasteiger partial charge in [-0.25, -0.2) is 0 Å². The molecule has 1 aromatic carbocycles. The molecule has 1 aromatic rings. The van der Waals surface area contributed by atoms with Crippen molar-refractivity contribution >= 4 is 5.71 Å². The highest BCUT2D eigenvalue weighted by atomic mass is 16.7. The molecule has 4 rings (SSSR count). The Balaban J connectivity index is 1.55. The van der Waals surface area contributed by atoms with Crippen LogP contribution in [-0.4, -0.2) is 23.4 Å². The number of benzene rings is 1. The highest BCUT2D eigenvalue weighted by molar-refractivity contribution is 6.01. The number of fused-ring (bicyclic) bond motifs is 2. The smallest absolute Gasteiger partial charge is 0.146 e. The molecule has 2 unspecified atom stereocenters. The van der Waals surface area contributed by atoms with Crippen molar-refractivity contribution in [1.82, 2.24) is 5.32 Å². The number of hydrogen-bond acceptors (Lipinski definition) is 3. The zero-order valence-electron chi connectivity index (χ0n) is 10.4. The quantitative estimate of drug-likeness (QED) is 0.820. The monoisotopic (exact) mass is 242 g/mol. The molecule has 0 amide bonds. The van der Waals surface area contributed by atoms with E-state index in [9.17, 15) is 0 Å². The number of oxime groups is 1. The summed E-state index contributed by atoms with van der Waals surface area (Å²) >= 11 is 0. The molecule has 2 atom stereocenters. The van der Waals surface area contributed by atoms with Crippen LogP contribution in [0.5, 0.6) is 0 Å². The lowest BCUT2D eigenvalue weighted by Crippen LogP contribution is -2.48. The fourth-order valence-electron chi connectivity index (χ4n) is 3.73. The summed E-state index contributed by atoms with van der Waals surface area (Å²) in [5, 5.41) is 8.03. The number of nitrogens with one attached hydrogen (secondary N) is 1. The maximum Gasteiger partial charge on any atom is 0.146 e. The third-order valence-corrected chi connectivity index (χ3v) is 4.52. The van der Waals surface area contributed by atoms with Crippen LogP contribution >= 0.6 is 0 Å². The molecular weight excluding hydrogens is 224 g/mol. The molecule has 3 aliphatic rings. The minimum Gasteiger partial charge on any atom is -0.388 e. The van der Waals surface area contributed by atoms with Crippen LogP contribution in [0.15, 0.2) is 35.5 Å². The molecule has 2 saturated heterocycles. The normalized spacial score (nSPS) is 37.7. The summed E-state index contributed by atoms with van der Waals surface area (Å²) in [7, 11) is 0. The topological polar surface area (TPSA) is 33.6 Å². The fraction of sp³-hybridized carbons (Fsp3) is 0.533. The number of nitrogens with zero attached hydrogens (tertiary/aromatic N) is 1. The minimum atomic E-state index is -0.0116. The number of piperidine rings is 1. The first kappa shape index (κ1) is 10.6. The van der Waals surface area contributed by atoms with Crippen LogP contribution in [0.1, 0.15) is 37.7 Å². The van der Waals surface area contributed by atoms with Gasteiger partial charge in [0.15, 0.2) is 0 Å². The van der Waals surface area contributed by atoms with Crippen molar-refractivity contribution in [3.05, 3.63) is 35.9 Å². The summed E-state index contributed by atoms with van der Waals surface area (Å²) in [6, 6.07) is 11.7. The SMILES string of the molecule is c1ccc(C2=NOC3(C2)CC2CCC(C3)N2)cc1. The second-order valence-corrected chi connectivity index (χ2v) is 5.90. The summed E-state index contributed by atoms with van der Waals surface area (Å²) < 4.78 is 0. The summed E-state index contributed by atoms with van der Waals surface area (Å²) in [6.07, 6.45) is 5.81. The van der Waals surface area contributed by atoms with E-state index in [0.29, 0.717) is 12.1 Å². The summed E-state index contributed by atoms with van der Waals surface area (Å²) in [6.45, 7) is 0. The molecule has 3 heteroatoms. The molecule has 3 heterocycles. The third-order valence-electron chi connectivity index (χ3n) is 4.52. The van der Waals surface area contributed by atoms with Crippen LogP contribution in [0.2, 0.25) is 0 Å². The zero-order valence-corrected chi connectivity index (χ0v) is 10.4. The van der Waals surface area contributed by atoms with Gasteiger partial charge in [-0.2, -0.15) is 0 Å². The Morgan fingerprint density at radius 1 is 1.11 bits per heavy atom. The maximum absolute atomic E-state index is 5.88. The predicted octanol–water partition coefficient (Wildman–Crippen LogP) is 2.46. The fourth-order valence-corrected chi connectivity index (χ4v) is 3.73. The van der Waals surface area contributed by atoms with Crippen molar-refractivity contribution in [3.63, 3.8) is 0 Å². The van der Waals surface area contributed by atoms with Gasteiger partial charge in [0.25, 0.3) is 0 Å². The van der Waals surface area contributed by atoms with Crippen molar-refractivity contribution in [3.8, 4) is 0 Å². The predicted molar refractivity (Wildman–Crippen MR) is 70.6 cm³/mol. The molecule has 3 nitrogen and oxygen atoms in total. The standard InChI is InChI=1S/C15H18N2O/c1-2-4-11(5-3-1)14-10-15(18-17-14)8-12-6-7-13(9-15)16-12/h1-5,12-13,16H,6-10H2. The first-order chi connectivity index (χ1) is 8.83. The summed E-state index contributed by atoms with van der Waals surface area (Å²) in [4.78, 5) is 5.88. The van der Waals surface area contributed by atoms with E-state index in [2.05, 4.69) is 34.7 Å². The average Bonchev–Trinajstić information content (AvgIpc) is 2.95. The van der Waals surface area contributed by atoms with E-state index >= 15 is 0 Å². The summed E-state index contributed by atoms with van der Waals surface area (Å²) in [5.74, 6) is 0. The van der Waals surface area contributed by atoms with E-state index in [4.69, 9.17) is 4.84 Å². The summed E-state index contributed by atoms with van der Waals surface area (Å²) in [5.41, 5.74) is 2.32. The molecular formula is C15H18N2O. The van der Waals surface area contributed by atoms with Gasteiger partial charge >= 0.3 is 0 Å². The molecule has 2 bridgehead atoms. The molecule has 2 fully saturated rings. The second-order valence-electron chi connectivity index (χ2n) is 5.90. The second kappa shape index (κ2) is 3.82. The van der Waals surface area contributed by atoms with Gasteiger partial charge in [0, 0.05) is 31.3 Å². The van der Waals surface area contributed by atoms with Crippen molar-refractivity contribution in [2.24, 2.45) is 5.16 Å². The van der Waals surface area contributed by atoms with Gasteiger partial charge in [-0.15, -0.1) is 0 Å². The van der Waals surface area contributed by atoms with Crippen LogP contribution in [0.4, 0.5) is 0 Å². The molecule has 94 valence electrons. The number of rotatable bonds is 1. The zero-order chi connectivity index (χ0) is 12.0. The van der Waals surface area contributed by atoms with E-state index in [0.717, 1.165) is 25.0 Å². The van der Waals surface area contributed by atoms with Crippen LogP contribution < -0.4 is 5.32 Å². The van der Waals surface area contributed by atoms with Gasteiger partial charge < -0.3 is 10.2 Å². The molecule has 1 N–H and O–H groups in total. The molecule has 0 radical (unpaired) electrons. The Bertz CT molecular complexity index is 471. The van der Waals surface area contributed by atoms with E-state index in [1.807, 2.05) is 6.07 Å². The van der Waals surface area contributed by atoms with Crippen molar-refractivity contribution < 1.29 is 4.84 Å². The van der Waals surface area contributed by atoms with Gasteiger partial charge in [-0.05, 0) is 18.4 Å². The van der Waals surface area contributed by atoms with Crippen molar-refractivity contribution in [2.75, 3.05) is 0 Å². The Kier molecular flexibility index (Phi) is 2.24. The van der Waals surface area contributed by atoms with Gasteiger partial charge in [0.1, 0.15) is 5.60 Å². The Morgan fingerprint density at radius 3 is 2.56 bits per heavy atom. The molecule has 3 aliphatic heterocycles. The van der Waals surface area contributed by atoms with E-state index in [-0.39, 0.29) is 5.60 Å². The van der Waals surface area contributed by atoms with Crippen LogP contribution in [-0.2, 0) is 4.84 Å². The van der Waals surface area contributed by atoms with Crippen LogP contribution in [0, 0.1) is 0 Å². The lowest BCUT2D eigenvalue weighted by Gasteiger charge is -2.35. The minimum absolute atomic E-state index is 0.0116. The van der Waals surface area contributed by atoms with Gasteiger partial charge in [0.05, 0.1) is 5.71 Å². The van der Waals surface area contributed by atoms with Gasteiger partial charge in [-0.1, -0.05) is 35.5 Å². The number of hydrogen-bond donors (Lipinski definition) is 1. The van der Waals surface area contributed by atoms with Gasteiger partial charge in [-0.3, -0.25) is 0 Å². The molecule has 0 saturated carbocycles. The molecule has 1 spiro atoms. The largest absolute Gasteiger partial charge is 0.388 e. The van der Waals surface area contributed by atoms with E-state index < -0.39 is 0 Å². The van der Waals surface area contributed by atoms with E-state index in [1.54, 1.807) is 0 Å². The lowest BCUT2D eigenvalue weighted by molar-refractivity contribution is -0.0524.